The Morgan fingerprint density at radius 3 is 1.56 bits per heavy atom. The molecule has 54 heavy (non-hydrogen) atoms. The van der Waals surface area contributed by atoms with Gasteiger partial charge in [-0.05, 0) is 100 Å². The van der Waals surface area contributed by atoms with Crippen LogP contribution in [0.1, 0.15) is 25.0 Å². The first kappa shape index (κ1) is 32.2. The first-order valence-corrected chi connectivity index (χ1v) is 19.3. The summed E-state index contributed by atoms with van der Waals surface area (Å²) in [5, 5.41) is 3.64. The molecule has 1 aromatic heterocycles. The minimum atomic E-state index is -0.220. The van der Waals surface area contributed by atoms with E-state index in [0.717, 1.165) is 50.2 Å². The Balaban J connectivity index is 1.10. The maximum Gasteiger partial charge on any atom is 0.124 e. The van der Waals surface area contributed by atoms with Crippen molar-refractivity contribution in [2.75, 3.05) is 9.80 Å². The molecule has 1 aliphatic carbocycles. The fourth-order valence-electron chi connectivity index (χ4n) is 8.35. The average Bonchev–Trinajstić information content (AvgIpc) is 3.77. The molecule has 0 saturated carbocycles. The van der Waals surface area contributed by atoms with E-state index < -0.39 is 0 Å². The fourth-order valence-corrected chi connectivity index (χ4v) is 9.45. The lowest BCUT2D eigenvalue weighted by molar-refractivity contribution is 0.666. The zero-order valence-electron chi connectivity index (χ0n) is 30.1. The molecular weight excluding hydrogens is 675 g/mol. The normalized spacial score (nSPS) is 12.8. The van der Waals surface area contributed by atoms with Crippen molar-refractivity contribution >= 4 is 66.5 Å². The van der Waals surface area contributed by atoms with Crippen molar-refractivity contribution < 1.29 is 0 Å². The number of fused-ring (bicyclic) bond motifs is 7. The van der Waals surface area contributed by atoms with Crippen LogP contribution in [-0.4, -0.2) is 4.98 Å². The van der Waals surface area contributed by atoms with Gasteiger partial charge >= 0.3 is 0 Å². The molecule has 8 aromatic carbocycles. The van der Waals surface area contributed by atoms with Gasteiger partial charge in [-0.3, -0.25) is 0 Å². The highest BCUT2D eigenvalue weighted by molar-refractivity contribution is 7.22. The molecule has 0 amide bonds. The van der Waals surface area contributed by atoms with Gasteiger partial charge in [0.1, 0.15) is 5.01 Å². The summed E-state index contributed by atoms with van der Waals surface area (Å²) in [5.41, 5.74) is 14.0. The van der Waals surface area contributed by atoms with Crippen LogP contribution >= 0.6 is 11.3 Å². The van der Waals surface area contributed by atoms with Crippen LogP contribution in [0, 0.1) is 0 Å². The molecule has 1 aliphatic rings. The van der Waals surface area contributed by atoms with E-state index in [9.17, 15) is 0 Å². The minimum absolute atomic E-state index is 0.220. The van der Waals surface area contributed by atoms with Gasteiger partial charge in [-0.15, -0.1) is 11.3 Å². The number of benzene rings is 8. The van der Waals surface area contributed by atoms with E-state index in [1.807, 2.05) is 0 Å². The number of nitrogens with zero attached hydrogens (tertiary/aromatic N) is 3. The highest BCUT2D eigenvalue weighted by atomic mass is 32.1. The fraction of sp³-hybridized carbons (Fsp3) is 0.0600. The molecule has 0 N–H and O–H groups in total. The molecule has 258 valence electrons. The Kier molecular flexibility index (Phi) is 7.67. The summed E-state index contributed by atoms with van der Waals surface area (Å²) in [6.07, 6.45) is 0. The molecule has 10 rings (SSSR count). The molecule has 0 atom stereocenters. The van der Waals surface area contributed by atoms with Gasteiger partial charge in [-0.2, -0.15) is 0 Å². The van der Waals surface area contributed by atoms with Crippen LogP contribution in [0.25, 0.3) is 42.7 Å². The molecule has 3 nitrogen and oxygen atoms in total. The molecule has 0 radical (unpaired) electrons. The maximum atomic E-state index is 5.05. The number of anilines is 6. The number of aromatic nitrogens is 1. The monoisotopic (exact) mass is 711 g/mol. The van der Waals surface area contributed by atoms with Crippen LogP contribution in [-0.2, 0) is 5.41 Å². The molecule has 9 aromatic rings. The molecule has 0 spiro atoms. The summed E-state index contributed by atoms with van der Waals surface area (Å²) < 4.78 is 1.25. The molecule has 0 aliphatic heterocycles. The second-order valence-electron chi connectivity index (χ2n) is 14.4. The van der Waals surface area contributed by atoms with Crippen molar-refractivity contribution in [1.29, 1.82) is 0 Å². The van der Waals surface area contributed by atoms with Crippen LogP contribution in [0.2, 0.25) is 0 Å². The van der Waals surface area contributed by atoms with Crippen LogP contribution in [0.3, 0.4) is 0 Å². The van der Waals surface area contributed by atoms with E-state index in [2.05, 4.69) is 212 Å². The van der Waals surface area contributed by atoms with E-state index in [-0.39, 0.29) is 5.41 Å². The van der Waals surface area contributed by atoms with Gasteiger partial charge < -0.3 is 9.80 Å². The Hall–Kier alpha value is -6.49. The summed E-state index contributed by atoms with van der Waals surface area (Å²) >= 11 is 1.79. The average molecular weight is 712 g/mol. The van der Waals surface area contributed by atoms with Crippen molar-refractivity contribution in [1.82, 2.24) is 4.98 Å². The molecule has 0 bridgehead atoms. The third-order valence-electron chi connectivity index (χ3n) is 10.8. The van der Waals surface area contributed by atoms with E-state index in [4.69, 9.17) is 4.98 Å². The number of thiazole rings is 1. The van der Waals surface area contributed by atoms with Gasteiger partial charge in [0.15, 0.2) is 0 Å². The number of rotatable bonds is 7. The number of hydrogen-bond acceptors (Lipinski definition) is 4. The molecule has 0 fully saturated rings. The van der Waals surface area contributed by atoms with Gasteiger partial charge in [0.25, 0.3) is 0 Å². The minimum Gasteiger partial charge on any atom is -0.310 e. The van der Waals surface area contributed by atoms with Crippen molar-refractivity contribution in [3.63, 3.8) is 0 Å². The second-order valence-corrected chi connectivity index (χ2v) is 15.4. The van der Waals surface area contributed by atoms with E-state index in [1.54, 1.807) is 11.3 Å². The van der Waals surface area contributed by atoms with E-state index >= 15 is 0 Å². The lowest BCUT2D eigenvalue weighted by Gasteiger charge is -2.30. The largest absolute Gasteiger partial charge is 0.310 e. The van der Waals surface area contributed by atoms with Crippen LogP contribution in [0.15, 0.2) is 188 Å². The standard InChI is InChI=1S/C50H37N3S/c1-50(2)45-33-40(26-27-41(45)42-28-29-44-43(47(42)50)30-31-46-48(44)54-49(51-46)34-16-7-3-8-17-34)53(37-22-13-6-14-23-37)39-25-15-24-38(32-39)52(35-18-9-4-10-19-35)36-20-11-5-12-21-36/h3-33H,1-2H3. The van der Waals surface area contributed by atoms with Crippen LogP contribution in [0.5, 0.6) is 0 Å². The quantitative estimate of drug-likeness (QED) is 0.164. The highest BCUT2D eigenvalue weighted by Gasteiger charge is 2.38. The molecule has 0 unspecified atom stereocenters. The van der Waals surface area contributed by atoms with Crippen molar-refractivity contribution in [3.05, 3.63) is 199 Å². The molecule has 4 heteroatoms. The van der Waals surface area contributed by atoms with Gasteiger partial charge in [-0.25, -0.2) is 4.98 Å². The van der Waals surface area contributed by atoms with Crippen LogP contribution < -0.4 is 9.80 Å². The molecule has 1 heterocycles. The first-order chi connectivity index (χ1) is 26.5. The highest BCUT2D eigenvalue weighted by Crippen LogP contribution is 2.54. The zero-order chi connectivity index (χ0) is 36.2. The van der Waals surface area contributed by atoms with E-state index in [0.29, 0.717) is 0 Å². The number of para-hydroxylation sites is 3. The molecular formula is C50H37N3S. The predicted molar refractivity (Wildman–Crippen MR) is 229 cm³/mol. The Morgan fingerprint density at radius 1 is 0.444 bits per heavy atom. The van der Waals surface area contributed by atoms with Crippen molar-refractivity contribution in [2.45, 2.75) is 19.3 Å². The zero-order valence-corrected chi connectivity index (χ0v) is 31.0. The lowest BCUT2D eigenvalue weighted by atomic mass is 9.80. The van der Waals surface area contributed by atoms with Gasteiger partial charge in [0, 0.05) is 50.5 Å². The second kappa shape index (κ2) is 12.9. The number of hydrogen-bond donors (Lipinski definition) is 0. The summed E-state index contributed by atoms with van der Waals surface area (Å²) in [7, 11) is 0. The summed E-state index contributed by atoms with van der Waals surface area (Å²) in [6.45, 7) is 4.77. The third-order valence-corrected chi connectivity index (χ3v) is 12.0. The Morgan fingerprint density at radius 2 is 0.944 bits per heavy atom. The van der Waals surface area contributed by atoms with Crippen molar-refractivity contribution in [3.8, 4) is 21.7 Å². The van der Waals surface area contributed by atoms with Gasteiger partial charge in [-0.1, -0.05) is 129 Å². The predicted octanol–water partition coefficient (Wildman–Crippen LogP) is 14.4. The van der Waals surface area contributed by atoms with Gasteiger partial charge in [0.05, 0.1) is 10.2 Å². The Bertz CT molecular complexity index is 2750. The molecule has 0 saturated heterocycles. The maximum absolute atomic E-state index is 5.05. The summed E-state index contributed by atoms with van der Waals surface area (Å²) in [6, 6.07) is 67.5. The van der Waals surface area contributed by atoms with E-state index in [1.165, 1.54) is 37.7 Å². The van der Waals surface area contributed by atoms with Crippen LogP contribution in [0.4, 0.5) is 34.1 Å². The smallest absolute Gasteiger partial charge is 0.124 e. The Labute approximate surface area is 320 Å². The SMILES string of the molecule is CC1(C)c2cc(N(c3ccccc3)c3cccc(N(c4ccccc4)c4ccccc4)c3)ccc2-c2ccc3c(ccc4nc(-c5ccccc5)sc43)c21. The van der Waals surface area contributed by atoms with Gasteiger partial charge in [0.2, 0.25) is 0 Å². The third kappa shape index (κ3) is 5.29. The lowest BCUT2D eigenvalue weighted by Crippen LogP contribution is -2.17. The van der Waals surface area contributed by atoms with Crippen molar-refractivity contribution in [2.24, 2.45) is 0 Å². The summed E-state index contributed by atoms with van der Waals surface area (Å²) in [5.74, 6) is 0. The topological polar surface area (TPSA) is 19.4 Å². The first-order valence-electron chi connectivity index (χ1n) is 18.5. The summed E-state index contributed by atoms with van der Waals surface area (Å²) in [4.78, 5) is 9.76.